The Bertz CT molecular complexity index is 1730. The minimum absolute atomic E-state index is 0.0105. The maximum Gasteiger partial charge on any atom is 0.270 e. The van der Waals surface area contributed by atoms with E-state index >= 15 is 0 Å². The normalized spacial score (nSPS) is 21.2. The first-order valence-electron chi connectivity index (χ1n) is 17.2. The van der Waals surface area contributed by atoms with Crippen LogP contribution in [0.5, 0.6) is 11.6 Å². The van der Waals surface area contributed by atoms with Crippen molar-refractivity contribution in [3.63, 3.8) is 0 Å². The van der Waals surface area contributed by atoms with Gasteiger partial charge in [-0.1, -0.05) is 36.4 Å². The van der Waals surface area contributed by atoms with Crippen molar-refractivity contribution in [2.45, 2.75) is 83.5 Å². The third-order valence-electron chi connectivity index (χ3n) is 9.22. The lowest BCUT2D eigenvalue weighted by molar-refractivity contribution is 0.0888. The molecule has 6 rings (SSSR count). The number of ether oxygens (including phenoxy) is 1. The molecule has 4 aromatic rings. The molecule has 258 valence electrons. The quantitative estimate of drug-likeness (QED) is 0.165. The highest BCUT2D eigenvalue weighted by Crippen LogP contribution is 2.29. The monoisotopic (exact) mass is 684 g/mol. The number of nitrogens with one attached hydrogen (secondary N) is 3. The van der Waals surface area contributed by atoms with E-state index in [9.17, 15) is 14.0 Å². The van der Waals surface area contributed by atoms with Gasteiger partial charge in [-0.2, -0.15) is 0 Å². The van der Waals surface area contributed by atoms with Crippen molar-refractivity contribution < 1.29 is 18.7 Å². The molecule has 1 aliphatic carbocycles. The predicted octanol–water partition coefficient (Wildman–Crippen LogP) is 6.53. The number of thiazole rings is 1. The molecule has 49 heavy (non-hydrogen) atoms. The maximum absolute atomic E-state index is 14.3. The van der Waals surface area contributed by atoms with Crippen LogP contribution >= 0.6 is 11.3 Å². The Balaban J connectivity index is 1.03. The van der Waals surface area contributed by atoms with E-state index in [1.54, 1.807) is 11.4 Å². The highest BCUT2D eigenvalue weighted by molar-refractivity contribution is 7.09. The number of aryl methyl sites for hydroxylation is 2. The highest BCUT2D eigenvalue weighted by atomic mass is 32.1. The minimum Gasteiger partial charge on any atom is -0.438 e. The topological polar surface area (TPSA) is 108 Å². The van der Waals surface area contributed by atoms with Crippen LogP contribution in [0.2, 0.25) is 0 Å². The van der Waals surface area contributed by atoms with Crippen LogP contribution in [-0.4, -0.2) is 70.5 Å². The van der Waals surface area contributed by atoms with Crippen molar-refractivity contribution in [2.75, 3.05) is 19.6 Å². The second-order valence-corrected chi connectivity index (χ2v) is 14.5. The Morgan fingerprint density at radius 2 is 1.65 bits per heavy atom. The number of pyridine rings is 1. The van der Waals surface area contributed by atoms with E-state index in [-0.39, 0.29) is 29.4 Å². The molecule has 2 aromatic heterocycles. The van der Waals surface area contributed by atoms with Crippen molar-refractivity contribution in [3.8, 4) is 22.8 Å². The van der Waals surface area contributed by atoms with Crippen LogP contribution in [0.15, 0.2) is 66.2 Å². The van der Waals surface area contributed by atoms with Gasteiger partial charge in [0.15, 0.2) is 0 Å². The van der Waals surface area contributed by atoms with E-state index in [1.807, 2.05) is 25.1 Å². The number of carbonyl (C=O) groups is 2. The van der Waals surface area contributed by atoms with E-state index < -0.39 is 11.7 Å². The lowest BCUT2D eigenvalue weighted by atomic mass is 9.91. The second kappa shape index (κ2) is 16.0. The Morgan fingerprint density at radius 3 is 2.33 bits per heavy atom. The number of piperazine rings is 1. The fourth-order valence-corrected chi connectivity index (χ4v) is 7.48. The zero-order valence-corrected chi connectivity index (χ0v) is 29.2. The smallest absolute Gasteiger partial charge is 0.270 e. The highest BCUT2D eigenvalue weighted by Gasteiger charge is 2.26. The lowest BCUT2D eigenvalue weighted by Crippen LogP contribution is -2.54. The number of halogens is 1. The molecule has 2 aromatic carbocycles. The molecule has 1 saturated heterocycles. The molecular weight excluding hydrogens is 640 g/mol. The molecule has 0 radical (unpaired) electrons. The fraction of sp³-hybridized carbons (Fsp3) is 0.421. The van der Waals surface area contributed by atoms with E-state index in [0.717, 1.165) is 60.9 Å². The Labute approximate surface area is 291 Å². The SMILES string of the molecule is Cc1nc(C(=O)N[C@H]2CC[C@H](NC(=O)c3cc(F)cnc3Oc3cccc(-c4ccc(CCCN5C[C@@H](C)N[C@@H](C)C5)cc4)c3)CC2)cs1. The van der Waals surface area contributed by atoms with Gasteiger partial charge in [0, 0.05) is 42.6 Å². The van der Waals surface area contributed by atoms with Gasteiger partial charge in [0.05, 0.1) is 11.2 Å². The number of amides is 2. The van der Waals surface area contributed by atoms with Crippen molar-refractivity contribution in [2.24, 2.45) is 0 Å². The lowest BCUT2D eigenvalue weighted by Gasteiger charge is -2.36. The average molecular weight is 685 g/mol. The Morgan fingerprint density at radius 1 is 0.959 bits per heavy atom. The summed E-state index contributed by atoms with van der Waals surface area (Å²) in [6.45, 7) is 9.66. The summed E-state index contributed by atoms with van der Waals surface area (Å²) >= 11 is 1.44. The number of benzene rings is 2. The van der Waals surface area contributed by atoms with Crippen LogP contribution in [0, 0.1) is 12.7 Å². The largest absolute Gasteiger partial charge is 0.438 e. The predicted molar refractivity (Wildman–Crippen MR) is 191 cm³/mol. The van der Waals surface area contributed by atoms with Gasteiger partial charge in [0.25, 0.3) is 11.8 Å². The summed E-state index contributed by atoms with van der Waals surface area (Å²) in [5.74, 6) is -0.695. The molecule has 2 fully saturated rings. The zero-order chi connectivity index (χ0) is 34.3. The Hall–Kier alpha value is -4.19. The summed E-state index contributed by atoms with van der Waals surface area (Å²) < 4.78 is 20.4. The summed E-state index contributed by atoms with van der Waals surface area (Å²) in [7, 11) is 0. The molecule has 2 atom stereocenters. The molecule has 0 spiro atoms. The average Bonchev–Trinajstić information content (AvgIpc) is 3.53. The number of hydrogen-bond donors (Lipinski definition) is 3. The summed E-state index contributed by atoms with van der Waals surface area (Å²) in [6.07, 6.45) is 6.00. The van der Waals surface area contributed by atoms with Crippen molar-refractivity contribution in [1.82, 2.24) is 30.8 Å². The van der Waals surface area contributed by atoms with Gasteiger partial charge >= 0.3 is 0 Å². The van der Waals surface area contributed by atoms with E-state index in [2.05, 4.69) is 68.9 Å². The van der Waals surface area contributed by atoms with Gasteiger partial charge in [-0.05, 0) is 101 Å². The summed E-state index contributed by atoms with van der Waals surface area (Å²) in [4.78, 5) is 36.8. The van der Waals surface area contributed by atoms with Gasteiger partial charge < -0.3 is 25.6 Å². The zero-order valence-electron chi connectivity index (χ0n) is 28.4. The van der Waals surface area contributed by atoms with Gasteiger partial charge in [-0.25, -0.2) is 14.4 Å². The van der Waals surface area contributed by atoms with Crippen LogP contribution in [0.3, 0.4) is 0 Å². The van der Waals surface area contributed by atoms with Crippen LogP contribution in [0.1, 0.15) is 77.4 Å². The van der Waals surface area contributed by atoms with Crippen molar-refractivity contribution >= 4 is 23.2 Å². The number of hydrogen-bond acceptors (Lipinski definition) is 8. The maximum atomic E-state index is 14.3. The van der Waals surface area contributed by atoms with Gasteiger partial charge in [-0.3, -0.25) is 9.59 Å². The standard InChI is InChI=1S/C38H45FN6O3S/c1-24-21-45(22-25(2)41-24)17-5-6-27-9-11-28(12-10-27)29-7-4-8-33(18-29)48-38-34(19-30(39)20-40-38)36(46)43-31-13-15-32(16-14-31)44-37(47)35-23-49-26(3)42-35/h4,7-12,18-20,23-25,31-32,41H,5-6,13-17,21-22H2,1-3H3,(H,43,46)(H,44,47)/t24-,25+,31-,32-. The number of aromatic nitrogens is 2. The first kappa shape index (κ1) is 34.7. The van der Waals surface area contributed by atoms with Crippen molar-refractivity contribution in [3.05, 3.63) is 93.8 Å². The molecule has 9 nitrogen and oxygen atoms in total. The number of carbonyl (C=O) groups excluding carboxylic acids is 2. The molecule has 3 heterocycles. The van der Waals surface area contributed by atoms with Crippen molar-refractivity contribution in [1.29, 1.82) is 0 Å². The van der Waals surface area contributed by atoms with Gasteiger partial charge in [-0.15, -0.1) is 11.3 Å². The summed E-state index contributed by atoms with van der Waals surface area (Å²) in [5, 5.41) is 12.3. The summed E-state index contributed by atoms with van der Waals surface area (Å²) in [6, 6.07) is 18.3. The molecule has 1 saturated carbocycles. The summed E-state index contributed by atoms with van der Waals surface area (Å²) in [5.41, 5.74) is 3.80. The number of rotatable bonds is 11. The molecule has 1 aliphatic heterocycles. The molecule has 11 heteroatoms. The second-order valence-electron chi connectivity index (χ2n) is 13.4. The third-order valence-corrected chi connectivity index (χ3v) is 9.99. The molecular formula is C38H45FN6O3S. The molecule has 2 amide bonds. The fourth-order valence-electron chi connectivity index (χ4n) is 6.89. The van der Waals surface area contributed by atoms with E-state index in [1.165, 1.54) is 16.9 Å². The van der Waals surface area contributed by atoms with Crippen LogP contribution in [0.25, 0.3) is 11.1 Å². The third kappa shape index (κ3) is 9.49. The van der Waals surface area contributed by atoms with Gasteiger partial charge in [0.1, 0.15) is 22.8 Å². The molecule has 0 bridgehead atoms. The molecule has 0 unspecified atom stereocenters. The number of nitrogens with zero attached hydrogens (tertiary/aromatic N) is 3. The Kier molecular flexibility index (Phi) is 11.3. The van der Waals surface area contributed by atoms with Crippen LogP contribution in [0.4, 0.5) is 4.39 Å². The minimum atomic E-state index is -0.618. The first-order valence-corrected chi connectivity index (χ1v) is 18.1. The first-order chi connectivity index (χ1) is 23.7. The van der Waals surface area contributed by atoms with E-state index in [0.29, 0.717) is 49.2 Å². The van der Waals surface area contributed by atoms with E-state index in [4.69, 9.17) is 4.74 Å². The molecule has 2 aliphatic rings. The molecule has 3 N–H and O–H groups in total. The van der Waals surface area contributed by atoms with Gasteiger partial charge in [0.2, 0.25) is 5.88 Å². The van der Waals surface area contributed by atoms with Crippen LogP contribution < -0.4 is 20.7 Å². The van der Waals surface area contributed by atoms with Crippen LogP contribution in [-0.2, 0) is 6.42 Å².